The van der Waals surface area contributed by atoms with Crippen LogP contribution in [0.4, 0.5) is 5.82 Å². The summed E-state index contributed by atoms with van der Waals surface area (Å²) in [5.74, 6) is -0.239. The number of amides is 1. The number of hydrogen-bond donors (Lipinski definition) is 3. The third-order valence-corrected chi connectivity index (χ3v) is 7.03. The van der Waals surface area contributed by atoms with Crippen molar-refractivity contribution < 1.29 is 18.3 Å². The SMILES string of the molecule is Cc1ccc(S(C)(=O)=O)cc1-c1cnc2c(N)nc(C(=O)NC3CCCN(CCO)C3)cn12. The number of nitrogens with zero attached hydrogens (tertiary/aromatic N) is 4. The van der Waals surface area contributed by atoms with Crippen molar-refractivity contribution in [2.75, 3.05) is 38.2 Å². The van der Waals surface area contributed by atoms with Crippen LogP contribution in [0.3, 0.4) is 0 Å². The Hall–Kier alpha value is -3.02. The Bertz CT molecular complexity index is 1300. The number of nitrogens with two attached hydrogens (primary N) is 1. The number of aromatic nitrogens is 3. The van der Waals surface area contributed by atoms with Crippen molar-refractivity contribution in [1.29, 1.82) is 0 Å². The second-order valence-corrected chi connectivity index (χ2v) is 10.4. The van der Waals surface area contributed by atoms with Gasteiger partial charge in [0.05, 0.1) is 23.4 Å². The van der Waals surface area contributed by atoms with E-state index in [4.69, 9.17) is 5.73 Å². The van der Waals surface area contributed by atoms with Gasteiger partial charge in [-0.25, -0.2) is 18.4 Å². The summed E-state index contributed by atoms with van der Waals surface area (Å²) in [6.45, 7) is 4.10. The number of rotatable bonds is 6. The molecular weight excluding hydrogens is 444 g/mol. The predicted molar refractivity (Wildman–Crippen MR) is 125 cm³/mol. The average Bonchev–Trinajstić information content (AvgIpc) is 3.18. The van der Waals surface area contributed by atoms with Gasteiger partial charge in [-0.2, -0.15) is 0 Å². The minimum atomic E-state index is -3.39. The van der Waals surface area contributed by atoms with Gasteiger partial charge in [0.15, 0.2) is 21.3 Å². The van der Waals surface area contributed by atoms with Crippen LogP contribution in [-0.4, -0.2) is 77.2 Å². The maximum Gasteiger partial charge on any atom is 0.271 e. The summed E-state index contributed by atoms with van der Waals surface area (Å²) in [4.78, 5) is 23.9. The first-order valence-corrected chi connectivity index (χ1v) is 12.6. The standard InChI is InChI=1S/C22H28N6O4S/c1-14-5-6-16(33(2,31)32)10-17(14)19-11-24-21-20(23)26-18(13-28(19)21)22(30)25-15-4-3-7-27(12-15)8-9-29/h5-6,10-11,13,15,29H,3-4,7-9,12H2,1-2H3,(H2,23,26)(H,25,30). The molecule has 1 aliphatic heterocycles. The van der Waals surface area contributed by atoms with E-state index in [9.17, 15) is 18.3 Å². The van der Waals surface area contributed by atoms with Gasteiger partial charge in [-0.1, -0.05) is 6.07 Å². The molecule has 1 unspecified atom stereocenters. The number of benzene rings is 1. The van der Waals surface area contributed by atoms with Crippen molar-refractivity contribution in [3.05, 3.63) is 41.9 Å². The van der Waals surface area contributed by atoms with Gasteiger partial charge in [-0.15, -0.1) is 0 Å². The van der Waals surface area contributed by atoms with Crippen LogP contribution in [-0.2, 0) is 9.84 Å². The molecule has 1 saturated heterocycles. The lowest BCUT2D eigenvalue weighted by molar-refractivity contribution is 0.0888. The number of imidazole rings is 1. The molecule has 0 aliphatic carbocycles. The first-order chi connectivity index (χ1) is 15.7. The maximum atomic E-state index is 13.0. The van der Waals surface area contributed by atoms with Crippen molar-refractivity contribution in [1.82, 2.24) is 24.6 Å². The Morgan fingerprint density at radius 3 is 2.88 bits per heavy atom. The van der Waals surface area contributed by atoms with Crippen LogP contribution >= 0.6 is 0 Å². The fraction of sp³-hybridized carbons (Fsp3) is 0.409. The molecule has 176 valence electrons. The summed E-state index contributed by atoms with van der Waals surface area (Å²) in [7, 11) is -3.39. The fourth-order valence-corrected chi connectivity index (χ4v) is 4.85. The fourth-order valence-electron chi connectivity index (χ4n) is 4.21. The predicted octanol–water partition coefficient (Wildman–Crippen LogP) is 0.877. The van der Waals surface area contributed by atoms with E-state index in [1.54, 1.807) is 35.0 Å². The lowest BCUT2D eigenvalue weighted by atomic mass is 10.1. The van der Waals surface area contributed by atoms with E-state index in [1.165, 1.54) is 0 Å². The molecule has 2 aromatic heterocycles. The summed E-state index contributed by atoms with van der Waals surface area (Å²) in [5, 5.41) is 12.2. The zero-order valence-electron chi connectivity index (χ0n) is 18.7. The summed E-state index contributed by atoms with van der Waals surface area (Å²) in [5.41, 5.74) is 8.79. The lowest BCUT2D eigenvalue weighted by Crippen LogP contribution is -2.48. The Kier molecular flexibility index (Phi) is 6.37. The van der Waals surface area contributed by atoms with Gasteiger partial charge < -0.3 is 16.2 Å². The molecule has 0 radical (unpaired) electrons. The minimum absolute atomic E-state index is 0.0486. The zero-order valence-corrected chi connectivity index (χ0v) is 19.5. The largest absolute Gasteiger partial charge is 0.395 e. The van der Waals surface area contributed by atoms with Crippen molar-refractivity contribution in [2.24, 2.45) is 0 Å². The Balaban J connectivity index is 1.68. The highest BCUT2D eigenvalue weighted by Gasteiger charge is 2.23. The van der Waals surface area contributed by atoms with Crippen molar-refractivity contribution in [3.63, 3.8) is 0 Å². The molecule has 3 heterocycles. The average molecular weight is 473 g/mol. The molecule has 1 atom stereocenters. The second kappa shape index (κ2) is 9.08. The van der Waals surface area contributed by atoms with E-state index in [0.717, 1.165) is 31.2 Å². The number of nitrogens with one attached hydrogen (secondary N) is 1. The number of anilines is 1. The molecular formula is C22H28N6O4S. The van der Waals surface area contributed by atoms with Crippen LogP contribution in [0.25, 0.3) is 16.9 Å². The summed E-state index contributed by atoms with van der Waals surface area (Å²) < 4.78 is 25.8. The first kappa shape index (κ1) is 23.1. The molecule has 33 heavy (non-hydrogen) atoms. The minimum Gasteiger partial charge on any atom is -0.395 e. The number of sulfone groups is 1. The van der Waals surface area contributed by atoms with Crippen LogP contribution in [0, 0.1) is 6.92 Å². The van der Waals surface area contributed by atoms with E-state index < -0.39 is 9.84 Å². The lowest BCUT2D eigenvalue weighted by Gasteiger charge is -2.32. The molecule has 1 fully saturated rings. The Morgan fingerprint density at radius 2 is 2.15 bits per heavy atom. The number of carbonyl (C=O) groups excluding carboxylic acids is 1. The molecule has 0 bridgehead atoms. The number of aliphatic hydroxyl groups is 1. The zero-order chi connectivity index (χ0) is 23.8. The van der Waals surface area contributed by atoms with Gasteiger partial charge in [0.2, 0.25) is 0 Å². The number of nitrogen functional groups attached to an aromatic ring is 1. The third kappa shape index (κ3) is 4.85. The molecule has 4 rings (SSSR count). The molecule has 1 amide bonds. The number of fused-ring (bicyclic) bond motifs is 1. The van der Waals surface area contributed by atoms with Gasteiger partial charge in [0, 0.05) is 37.1 Å². The van der Waals surface area contributed by atoms with Crippen LogP contribution in [0.15, 0.2) is 35.5 Å². The maximum absolute atomic E-state index is 13.0. The molecule has 3 aromatic rings. The van der Waals surface area contributed by atoms with Crippen molar-refractivity contribution in [2.45, 2.75) is 30.7 Å². The van der Waals surface area contributed by atoms with Gasteiger partial charge in [0.25, 0.3) is 5.91 Å². The number of β-amino-alcohol motifs (C(OH)–C–C–N with tert-alkyl or cyclic N) is 1. The van der Waals surface area contributed by atoms with Crippen LogP contribution < -0.4 is 11.1 Å². The Morgan fingerprint density at radius 1 is 1.36 bits per heavy atom. The molecule has 1 aliphatic rings. The van der Waals surface area contributed by atoms with Crippen LogP contribution in [0.1, 0.15) is 28.9 Å². The normalized spacial score (nSPS) is 17.4. The third-order valence-electron chi connectivity index (χ3n) is 5.92. The highest BCUT2D eigenvalue weighted by atomic mass is 32.2. The highest BCUT2D eigenvalue weighted by molar-refractivity contribution is 7.90. The van der Waals surface area contributed by atoms with Crippen LogP contribution in [0.2, 0.25) is 0 Å². The van der Waals surface area contributed by atoms with Crippen LogP contribution in [0.5, 0.6) is 0 Å². The van der Waals surface area contributed by atoms with E-state index in [0.29, 0.717) is 30.0 Å². The van der Waals surface area contributed by atoms with Gasteiger partial charge in [-0.05, 0) is 44.0 Å². The summed E-state index contributed by atoms with van der Waals surface area (Å²) >= 11 is 0. The molecule has 4 N–H and O–H groups in total. The number of carbonyl (C=O) groups is 1. The molecule has 1 aromatic carbocycles. The smallest absolute Gasteiger partial charge is 0.271 e. The van der Waals surface area contributed by atoms with Crippen molar-refractivity contribution >= 4 is 27.2 Å². The number of likely N-dealkylation sites (tertiary alicyclic amines) is 1. The monoisotopic (exact) mass is 472 g/mol. The number of aryl methyl sites for hydroxylation is 1. The van der Waals surface area contributed by atoms with E-state index in [-0.39, 0.29) is 35.0 Å². The second-order valence-electron chi connectivity index (χ2n) is 8.43. The summed E-state index contributed by atoms with van der Waals surface area (Å²) in [6, 6.07) is 4.86. The van der Waals surface area contributed by atoms with Gasteiger partial charge in [0.1, 0.15) is 5.69 Å². The number of piperidine rings is 1. The van der Waals surface area contributed by atoms with E-state index in [2.05, 4.69) is 20.2 Å². The summed E-state index contributed by atoms with van der Waals surface area (Å²) in [6.07, 6.45) is 6.11. The molecule has 0 saturated carbocycles. The number of aliphatic hydroxyl groups excluding tert-OH is 1. The molecule has 0 spiro atoms. The number of hydrogen-bond acceptors (Lipinski definition) is 8. The molecule has 11 heteroatoms. The molecule has 10 nitrogen and oxygen atoms in total. The van der Waals surface area contributed by atoms with Gasteiger partial charge in [-0.3, -0.25) is 14.1 Å². The van der Waals surface area contributed by atoms with Crippen molar-refractivity contribution in [3.8, 4) is 11.3 Å². The highest BCUT2D eigenvalue weighted by Crippen LogP contribution is 2.28. The quantitative estimate of drug-likeness (QED) is 0.480. The van der Waals surface area contributed by atoms with E-state index in [1.807, 2.05) is 6.92 Å². The first-order valence-electron chi connectivity index (χ1n) is 10.8. The topological polar surface area (TPSA) is 143 Å². The van der Waals surface area contributed by atoms with Gasteiger partial charge >= 0.3 is 0 Å². The van der Waals surface area contributed by atoms with E-state index >= 15 is 0 Å². The Labute approximate surface area is 192 Å².